The van der Waals surface area contributed by atoms with E-state index in [4.69, 9.17) is 26.4 Å². The second-order valence-electron chi connectivity index (χ2n) is 9.70. The quantitative estimate of drug-likeness (QED) is 0.150. The molecule has 1 amide bonds. The fourth-order valence-corrected chi connectivity index (χ4v) is 5.67. The summed E-state index contributed by atoms with van der Waals surface area (Å²) in [6, 6.07) is 22.9. The molecule has 0 fully saturated rings. The maximum Gasteiger partial charge on any atom is 0.255 e. The minimum Gasteiger partial charge on any atom is -0.494 e. The van der Waals surface area contributed by atoms with Gasteiger partial charge in [0.05, 0.1) is 12.2 Å². The number of amides is 1. The van der Waals surface area contributed by atoms with Crippen LogP contribution in [0.4, 0.5) is 11.6 Å². The molecule has 2 heterocycles. The van der Waals surface area contributed by atoms with Gasteiger partial charge in [-0.05, 0) is 67.3 Å². The molecule has 1 aliphatic heterocycles. The van der Waals surface area contributed by atoms with Gasteiger partial charge >= 0.3 is 0 Å². The molecular weight excluding hydrogens is 542 g/mol. The number of anilines is 2. The van der Waals surface area contributed by atoms with Gasteiger partial charge in [-0.1, -0.05) is 79.2 Å². The lowest BCUT2D eigenvalue weighted by Crippen LogP contribution is -2.31. The van der Waals surface area contributed by atoms with Crippen LogP contribution in [0.2, 0.25) is 5.02 Å². The molecule has 7 nitrogen and oxygen atoms in total. The van der Waals surface area contributed by atoms with Gasteiger partial charge in [-0.25, -0.2) is 4.68 Å². The predicted octanol–water partition coefficient (Wildman–Crippen LogP) is 7.64. The van der Waals surface area contributed by atoms with Crippen LogP contribution in [0, 0.1) is 6.92 Å². The number of nitrogens with zero attached hydrogens (tertiary/aromatic N) is 3. The first kappa shape index (κ1) is 27.8. The molecule has 2 N–H and O–H groups in total. The number of aromatic nitrogens is 3. The number of unbranched alkanes of at least 4 members (excludes halogenated alkanes) is 1. The van der Waals surface area contributed by atoms with E-state index in [1.807, 2.05) is 86.6 Å². The molecule has 40 heavy (non-hydrogen) atoms. The molecule has 206 valence electrons. The van der Waals surface area contributed by atoms with Crippen LogP contribution in [0.15, 0.2) is 89.2 Å². The van der Waals surface area contributed by atoms with Crippen LogP contribution < -0.4 is 15.4 Å². The molecule has 1 atom stereocenters. The van der Waals surface area contributed by atoms with E-state index in [2.05, 4.69) is 17.6 Å². The third-order valence-electron chi connectivity index (χ3n) is 6.63. The van der Waals surface area contributed by atoms with Gasteiger partial charge < -0.3 is 15.4 Å². The number of ether oxygens (including phenoxy) is 1. The monoisotopic (exact) mass is 573 g/mol. The van der Waals surface area contributed by atoms with Crippen LogP contribution in [0.25, 0.3) is 0 Å². The third kappa shape index (κ3) is 6.35. The normalized spacial score (nSPS) is 14.4. The van der Waals surface area contributed by atoms with Crippen molar-refractivity contribution in [2.45, 2.75) is 50.6 Å². The van der Waals surface area contributed by atoms with Crippen molar-refractivity contribution in [1.82, 2.24) is 14.8 Å². The predicted molar refractivity (Wildman–Crippen MR) is 162 cm³/mol. The molecule has 0 aliphatic carbocycles. The Morgan fingerprint density at radius 3 is 2.65 bits per heavy atom. The van der Waals surface area contributed by atoms with E-state index in [1.165, 1.54) is 11.8 Å². The number of nitrogens with one attached hydrogen (secondary N) is 2. The summed E-state index contributed by atoms with van der Waals surface area (Å²) < 4.78 is 7.67. The summed E-state index contributed by atoms with van der Waals surface area (Å²) in [5.41, 5.74) is 5.02. The van der Waals surface area contributed by atoms with E-state index in [1.54, 1.807) is 4.68 Å². The second kappa shape index (κ2) is 12.6. The number of benzene rings is 3. The first-order valence-corrected chi connectivity index (χ1v) is 14.7. The van der Waals surface area contributed by atoms with E-state index in [0.717, 1.165) is 46.7 Å². The van der Waals surface area contributed by atoms with Crippen molar-refractivity contribution in [2.24, 2.45) is 0 Å². The Balaban J connectivity index is 1.47. The number of halogens is 1. The topological polar surface area (TPSA) is 81.1 Å². The Hall–Kier alpha value is -3.75. The number of hydrogen-bond donors (Lipinski definition) is 2. The highest BCUT2D eigenvalue weighted by atomic mass is 35.5. The molecule has 0 bridgehead atoms. The zero-order valence-corrected chi connectivity index (χ0v) is 24.4. The molecule has 5 rings (SSSR count). The highest BCUT2D eigenvalue weighted by Crippen LogP contribution is 2.38. The Labute approximate surface area is 244 Å². The number of aryl methyl sites for hydroxylation is 1. The first-order valence-electron chi connectivity index (χ1n) is 13.3. The van der Waals surface area contributed by atoms with Gasteiger partial charge in [-0.3, -0.25) is 4.79 Å². The fraction of sp³-hybridized carbons (Fsp3) is 0.258. The van der Waals surface area contributed by atoms with Crippen LogP contribution in [-0.4, -0.2) is 27.3 Å². The van der Waals surface area contributed by atoms with Crippen LogP contribution in [0.1, 0.15) is 49.4 Å². The van der Waals surface area contributed by atoms with Gasteiger partial charge in [0.25, 0.3) is 5.91 Å². The molecule has 4 aromatic rings. The summed E-state index contributed by atoms with van der Waals surface area (Å²) in [5.74, 6) is 1.81. The van der Waals surface area contributed by atoms with Crippen LogP contribution in [0.5, 0.6) is 5.75 Å². The standard InChI is InChI=1S/C31H32ClN5O2S/c1-4-5-17-39-25-15-13-22(14-16-25)28-27(29(38)34-24-11-8-9-20(2)18-24)21(3)33-30-35-31(36-37(28)30)40-19-23-10-6-7-12-26(23)32/h6-16,18,28H,4-5,17,19H2,1-3H3,(H,34,38)(H,33,35,36). The van der Waals surface area contributed by atoms with Crippen molar-refractivity contribution < 1.29 is 9.53 Å². The van der Waals surface area contributed by atoms with Crippen LogP contribution >= 0.6 is 23.4 Å². The highest BCUT2D eigenvalue weighted by molar-refractivity contribution is 7.98. The molecule has 0 saturated heterocycles. The average molecular weight is 574 g/mol. The Bertz CT molecular complexity index is 1530. The summed E-state index contributed by atoms with van der Waals surface area (Å²) in [7, 11) is 0. The summed E-state index contributed by atoms with van der Waals surface area (Å²) in [6.07, 6.45) is 2.07. The van der Waals surface area contributed by atoms with Crippen molar-refractivity contribution in [3.63, 3.8) is 0 Å². The molecule has 9 heteroatoms. The summed E-state index contributed by atoms with van der Waals surface area (Å²) in [5, 5.41) is 12.5. The lowest BCUT2D eigenvalue weighted by molar-refractivity contribution is -0.113. The van der Waals surface area contributed by atoms with E-state index in [-0.39, 0.29) is 5.91 Å². The lowest BCUT2D eigenvalue weighted by Gasteiger charge is -2.28. The number of fused-ring (bicyclic) bond motifs is 1. The summed E-state index contributed by atoms with van der Waals surface area (Å²) in [4.78, 5) is 18.5. The minimum absolute atomic E-state index is 0.199. The van der Waals surface area contributed by atoms with Crippen LogP contribution in [0.3, 0.4) is 0 Å². The third-order valence-corrected chi connectivity index (χ3v) is 7.89. The molecule has 1 unspecified atom stereocenters. The molecule has 0 spiro atoms. The van der Waals surface area contributed by atoms with Gasteiger partial charge in [-0.15, -0.1) is 5.10 Å². The van der Waals surface area contributed by atoms with E-state index >= 15 is 0 Å². The van der Waals surface area contributed by atoms with Crippen molar-refractivity contribution in [3.8, 4) is 5.75 Å². The van der Waals surface area contributed by atoms with E-state index < -0.39 is 6.04 Å². The minimum atomic E-state index is -0.479. The van der Waals surface area contributed by atoms with Gasteiger partial charge in [-0.2, -0.15) is 4.98 Å². The smallest absolute Gasteiger partial charge is 0.255 e. The first-order chi connectivity index (χ1) is 19.4. The number of carbonyl (C=O) groups is 1. The summed E-state index contributed by atoms with van der Waals surface area (Å²) in [6.45, 7) is 6.71. The van der Waals surface area contributed by atoms with E-state index in [0.29, 0.717) is 34.1 Å². The molecule has 0 saturated carbocycles. The maximum atomic E-state index is 13.8. The van der Waals surface area contributed by atoms with Gasteiger partial charge in [0, 0.05) is 22.2 Å². The van der Waals surface area contributed by atoms with Crippen LogP contribution in [-0.2, 0) is 10.5 Å². The SMILES string of the molecule is CCCCOc1ccc(C2C(C(=O)Nc3cccc(C)c3)=C(C)Nc3nc(SCc4ccccc4Cl)nn32)cc1. The lowest BCUT2D eigenvalue weighted by atomic mass is 9.95. The second-order valence-corrected chi connectivity index (χ2v) is 11.1. The van der Waals surface area contributed by atoms with Crippen molar-refractivity contribution in [3.05, 3.63) is 106 Å². The molecule has 3 aromatic carbocycles. The van der Waals surface area contributed by atoms with Crippen molar-refractivity contribution >= 4 is 40.9 Å². The van der Waals surface area contributed by atoms with Gasteiger partial charge in [0.15, 0.2) is 0 Å². The highest BCUT2D eigenvalue weighted by Gasteiger charge is 2.34. The number of allylic oxidation sites excluding steroid dienone is 1. The number of rotatable bonds is 10. The maximum absolute atomic E-state index is 13.8. The van der Waals surface area contributed by atoms with Gasteiger partial charge in [0.2, 0.25) is 11.1 Å². The number of thioether (sulfide) groups is 1. The number of carbonyl (C=O) groups excluding carboxylic acids is 1. The van der Waals surface area contributed by atoms with Crippen molar-refractivity contribution in [2.75, 3.05) is 17.2 Å². The molecule has 0 radical (unpaired) electrons. The van der Waals surface area contributed by atoms with E-state index in [9.17, 15) is 4.79 Å². The summed E-state index contributed by atoms with van der Waals surface area (Å²) >= 11 is 7.86. The largest absolute Gasteiger partial charge is 0.494 e. The Morgan fingerprint density at radius 2 is 1.90 bits per heavy atom. The molecule has 1 aromatic heterocycles. The zero-order valence-electron chi connectivity index (χ0n) is 22.8. The molecule has 1 aliphatic rings. The van der Waals surface area contributed by atoms with Gasteiger partial charge in [0.1, 0.15) is 11.8 Å². The zero-order chi connectivity index (χ0) is 28.1. The Morgan fingerprint density at radius 1 is 1.10 bits per heavy atom. The Kier molecular flexibility index (Phi) is 8.77. The number of hydrogen-bond acceptors (Lipinski definition) is 6. The molecular formula is C31H32ClN5O2S. The fourth-order valence-electron chi connectivity index (χ4n) is 4.55. The average Bonchev–Trinajstić information content (AvgIpc) is 3.34. The van der Waals surface area contributed by atoms with Crippen molar-refractivity contribution in [1.29, 1.82) is 0 Å².